The highest BCUT2D eigenvalue weighted by Gasteiger charge is 2.35. The van der Waals surface area contributed by atoms with Crippen LogP contribution in [0.5, 0.6) is 0 Å². The van der Waals surface area contributed by atoms with Crippen LogP contribution in [0.4, 0.5) is 4.79 Å². The highest BCUT2D eigenvalue weighted by molar-refractivity contribution is 9.10. The summed E-state index contributed by atoms with van der Waals surface area (Å²) in [6, 6.07) is 15.0. The minimum atomic E-state index is -0.254. The number of nitrogens with one attached hydrogen (secondary N) is 1. The van der Waals surface area contributed by atoms with Gasteiger partial charge < -0.3 is 14.6 Å². The first-order chi connectivity index (χ1) is 16.5. The minimum Gasteiger partial charge on any atom is -0.450 e. The van der Waals surface area contributed by atoms with Gasteiger partial charge >= 0.3 is 6.09 Å². The molecule has 1 saturated heterocycles. The molecule has 1 atom stereocenters. The van der Waals surface area contributed by atoms with E-state index in [1.807, 2.05) is 11.8 Å². The Kier molecular flexibility index (Phi) is 6.95. The number of benzene rings is 2. The Labute approximate surface area is 210 Å². The molecule has 3 aromatic rings. The average Bonchev–Trinajstić information content (AvgIpc) is 3.07. The fourth-order valence-corrected chi connectivity index (χ4v) is 5.69. The van der Waals surface area contributed by atoms with E-state index in [4.69, 9.17) is 4.74 Å². The number of nitrogens with zero attached hydrogens (tertiary/aromatic N) is 3. The van der Waals surface area contributed by atoms with Gasteiger partial charge in [-0.15, -0.1) is 0 Å². The van der Waals surface area contributed by atoms with Crippen molar-refractivity contribution < 1.29 is 9.53 Å². The summed E-state index contributed by atoms with van der Waals surface area (Å²) in [7, 11) is 2.20. The molecule has 7 heteroatoms. The van der Waals surface area contributed by atoms with Crippen molar-refractivity contribution in [3.05, 3.63) is 69.3 Å². The topological polar surface area (TPSA) is 51.8 Å². The number of amides is 1. The van der Waals surface area contributed by atoms with E-state index in [0.717, 1.165) is 53.8 Å². The zero-order valence-corrected chi connectivity index (χ0v) is 21.6. The Morgan fingerprint density at radius 3 is 2.71 bits per heavy atom. The number of hydrogen-bond donors (Lipinski definition) is 1. The number of aromatic amines is 1. The first-order valence-corrected chi connectivity index (χ1v) is 13.1. The van der Waals surface area contributed by atoms with Gasteiger partial charge in [0.1, 0.15) is 6.04 Å². The van der Waals surface area contributed by atoms with Crippen LogP contribution >= 0.6 is 15.9 Å². The van der Waals surface area contributed by atoms with Gasteiger partial charge in [-0.1, -0.05) is 40.2 Å². The number of carbonyl (C=O) groups is 1. The minimum absolute atomic E-state index is 0.185. The lowest BCUT2D eigenvalue weighted by Crippen LogP contribution is -2.41. The van der Waals surface area contributed by atoms with Gasteiger partial charge in [-0.2, -0.15) is 0 Å². The number of halogens is 1. The van der Waals surface area contributed by atoms with Crippen molar-refractivity contribution in [1.82, 2.24) is 19.7 Å². The molecule has 5 rings (SSSR count). The van der Waals surface area contributed by atoms with Crippen LogP contribution < -0.4 is 0 Å². The second-order valence-corrected chi connectivity index (χ2v) is 10.3. The smallest absolute Gasteiger partial charge is 0.410 e. The molecule has 0 aliphatic carbocycles. The Morgan fingerprint density at radius 1 is 1.09 bits per heavy atom. The maximum absolute atomic E-state index is 12.9. The number of H-pyrrole nitrogens is 1. The van der Waals surface area contributed by atoms with E-state index in [0.29, 0.717) is 13.2 Å². The molecule has 0 bridgehead atoms. The van der Waals surface area contributed by atoms with Gasteiger partial charge in [0.2, 0.25) is 0 Å². The second-order valence-electron chi connectivity index (χ2n) is 9.43. The molecular weight excluding hydrogens is 492 g/mol. The van der Waals surface area contributed by atoms with Crippen molar-refractivity contribution in [3.63, 3.8) is 0 Å². The SMILES string of the molecule is CCOC(=O)N1CCc2c([nH]c3ccc(Br)cc23)C1c1ccc(CN2CCCN(C)CC2)cc1. The largest absolute Gasteiger partial charge is 0.450 e. The van der Waals surface area contributed by atoms with Crippen LogP contribution in [0.3, 0.4) is 0 Å². The van der Waals surface area contributed by atoms with Crippen molar-refractivity contribution in [2.45, 2.75) is 32.4 Å². The van der Waals surface area contributed by atoms with Crippen molar-refractivity contribution in [2.24, 2.45) is 0 Å². The van der Waals surface area contributed by atoms with Crippen molar-refractivity contribution >= 4 is 32.9 Å². The maximum Gasteiger partial charge on any atom is 0.410 e. The molecule has 0 spiro atoms. The molecule has 1 fully saturated rings. The van der Waals surface area contributed by atoms with Crippen LogP contribution in [-0.2, 0) is 17.7 Å². The third-order valence-corrected chi connectivity index (χ3v) is 7.60. The van der Waals surface area contributed by atoms with E-state index >= 15 is 0 Å². The summed E-state index contributed by atoms with van der Waals surface area (Å²) in [5.74, 6) is 0. The molecule has 1 amide bonds. The predicted octanol–water partition coefficient (Wildman–Crippen LogP) is 5.17. The lowest BCUT2D eigenvalue weighted by molar-refractivity contribution is 0.0932. The van der Waals surface area contributed by atoms with Crippen LogP contribution in [-0.4, -0.2) is 72.2 Å². The molecule has 1 unspecified atom stereocenters. The molecule has 34 heavy (non-hydrogen) atoms. The molecular formula is C27H33BrN4O2. The summed E-state index contributed by atoms with van der Waals surface area (Å²) in [5.41, 5.74) is 5.91. The van der Waals surface area contributed by atoms with Crippen LogP contribution in [0.25, 0.3) is 10.9 Å². The number of aromatic nitrogens is 1. The summed E-state index contributed by atoms with van der Waals surface area (Å²) in [6.07, 6.45) is 1.77. The van der Waals surface area contributed by atoms with E-state index in [-0.39, 0.29) is 12.1 Å². The van der Waals surface area contributed by atoms with Gasteiger partial charge in [0, 0.05) is 47.2 Å². The van der Waals surface area contributed by atoms with Gasteiger partial charge in [-0.05, 0) is 74.8 Å². The number of ether oxygens (including phenoxy) is 1. The number of hydrogen-bond acceptors (Lipinski definition) is 4. The monoisotopic (exact) mass is 524 g/mol. The van der Waals surface area contributed by atoms with Crippen molar-refractivity contribution in [1.29, 1.82) is 0 Å². The summed E-state index contributed by atoms with van der Waals surface area (Å²) < 4.78 is 6.51. The van der Waals surface area contributed by atoms with Gasteiger partial charge in [0.25, 0.3) is 0 Å². The number of likely N-dealkylation sites (N-methyl/N-ethyl adjacent to an activating group) is 1. The number of fused-ring (bicyclic) bond motifs is 3. The van der Waals surface area contributed by atoms with Crippen LogP contribution in [0.15, 0.2) is 46.9 Å². The quantitative estimate of drug-likeness (QED) is 0.511. The normalized spacial score (nSPS) is 19.7. The van der Waals surface area contributed by atoms with Gasteiger partial charge in [-0.3, -0.25) is 9.80 Å². The van der Waals surface area contributed by atoms with Crippen molar-refractivity contribution in [3.8, 4) is 0 Å². The molecule has 1 N–H and O–H groups in total. The Hall–Kier alpha value is -2.35. The van der Waals surface area contributed by atoms with Crippen LogP contribution in [0.1, 0.15) is 41.8 Å². The predicted molar refractivity (Wildman–Crippen MR) is 139 cm³/mol. The summed E-state index contributed by atoms with van der Waals surface area (Å²) >= 11 is 3.61. The van der Waals surface area contributed by atoms with E-state index in [9.17, 15) is 4.79 Å². The third-order valence-electron chi connectivity index (χ3n) is 7.11. The third kappa shape index (κ3) is 4.74. The molecule has 0 saturated carbocycles. The van der Waals surface area contributed by atoms with Gasteiger partial charge in [0.15, 0.2) is 0 Å². The zero-order valence-electron chi connectivity index (χ0n) is 20.0. The molecule has 3 heterocycles. The molecule has 2 aromatic carbocycles. The zero-order chi connectivity index (χ0) is 23.7. The van der Waals surface area contributed by atoms with Crippen molar-refractivity contribution in [2.75, 3.05) is 46.4 Å². The van der Waals surface area contributed by atoms with E-state index in [1.165, 1.54) is 29.5 Å². The van der Waals surface area contributed by atoms with Crippen LogP contribution in [0.2, 0.25) is 0 Å². The average molecular weight is 525 g/mol. The van der Waals surface area contributed by atoms with Gasteiger partial charge in [0.05, 0.1) is 6.61 Å². The second kappa shape index (κ2) is 10.1. The molecule has 180 valence electrons. The lowest BCUT2D eigenvalue weighted by atomic mass is 9.92. The van der Waals surface area contributed by atoms with E-state index in [2.05, 4.69) is 80.2 Å². The Balaban J connectivity index is 1.45. The Morgan fingerprint density at radius 2 is 1.91 bits per heavy atom. The molecule has 0 radical (unpaired) electrons. The summed E-state index contributed by atoms with van der Waals surface area (Å²) in [6.45, 7) is 8.37. The molecule has 2 aliphatic heterocycles. The number of carbonyl (C=O) groups excluding carboxylic acids is 1. The standard InChI is InChI=1S/C27H33BrN4O2/c1-3-34-27(33)32-14-11-22-23-17-21(28)9-10-24(23)29-25(22)26(32)20-7-5-19(6-8-20)18-31-13-4-12-30(2)15-16-31/h5-10,17,26,29H,3-4,11-16,18H2,1-2H3. The fourth-order valence-electron chi connectivity index (χ4n) is 5.33. The lowest BCUT2D eigenvalue weighted by Gasteiger charge is -2.35. The molecule has 2 aliphatic rings. The highest BCUT2D eigenvalue weighted by atomic mass is 79.9. The summed E-state index contributed by atoms with van der Waals surface area (Å²) in [5, 5.41) is 1.22. The fraction of sp³-hybridized carbons (Fsp3) is 0.444. The number of rotatable bonds is 4. The first kappa shape index (κ1) is 23.4. The van der Waals surface area contributed by atoms with Gasteiger partial charge in [-0.25, -0.2) is 4.79 Å². The molecule has 6 nitrogen and oxygen atoms in total. The van der Waals surface area contributed by atoms with E-state index in [1.54, 1.807) is 0 Å². The molecule has 1 aromatic heterocycles. The maximum atomic E-state index is 12.9. The Bertz CT molecular complexity index is 1160. The highest BCUT2D eigenvalue weighted by Crippen LogP contribution is 2.39. The first-order valence-electron chi connectivity index (χ1n) is 12.3. The van der Waals surface area contributed by atoms with E-state index < -0.39 is 0 Å². The van der Waals surface area contributed by atoms with Crippen LogP contribution in [0, 0.1) is 0 Å². The summed E-state index contributed by atoms with van der Waals surface area (Å²) in [4.78, 5) is 23.4.